The summed E-state index contributed by atoms with van der Waals surface area (Å²) < 4.78 is 19.0. The summed E-state index contributed by atoms with van der Waals surface area (Å²) in [4.78, 5) is 11.4. The van der Waals surface area contributed by atoms with Gasteiger partial charge in [0.1, 0.15) is 5.60 Å². The van der Waals surface area contributed by atoms with Crippen molar-refractivity contribution in [2.75, 3.05) is 26.2 Å². The number of hydrogen-bond donors (Lipinski definition) is 3. The van der Waals surface area contributed by atoms with Gasteiger partial charge in [-0.25, -0.2) is 9.18 Å². The van der Waals surface area contributed by atoms with Gasteiger partial charge in [0.25, 0.3) is 0 Å². The molecule has 1 aliphatic rings. The Balaban J connectivity index is 0.00000289. The number of alkyl carbamates (subject to hydrolysis) is 1. The van der Waals surface area contributed by atoms with Gasteiger partial charge in [0.15, 0.2) is 5.67 Å². The molecule has 0 saturated carbocycles. The molecule has 7 heteroatoms. The first-order chi connectivity index (χ1) is 7.77. The topological polar surface area (TPSA) is 70.6 Å². The van der Waals surface area contributed by atoms with E-state index in [4.69, 9.17) is 9.84 Å². The van der Waals surface area contributed by atoms with Gasteiger partial charge >= 0.3 is 6.09 Å². The average molecular weight is 285 g/mol. The molecule has 5 nitrogen and oxygen atoms in total. The molecule has 0 radical (unpaired) electrons. The molecular weight excluding hydrogens is 263 g/mol. The van der Waals surface area contributed by atoms with E-state index in [-0.39, 0.29) is 25.5 Å². The lowest BCUT2D eigenvalue weighted by atomic mass is 9.93. The van der Waals surface area contributed by atoms with Crippen LogP contribution < -0.4 is 10.6 Å². The number of carbonyl (C=O) groups is 1. The Bertz CT molecular complexity index is 286. The molecule has 0 aliphatic carbocycles. The van der Waals surface area contributed by atoms with Crippen molar-refractivity contribution in [1.29, 1.82) is 0 Å². The van der Waals surface area contributed by atoms with Crippen LogP contribution in [0.15, 0.2) is 0 Å². The Labute approximate surface area is 113 Å². The van der Waals surface area contributed by atoms with Gasteiger partial charge in [-0.1, -0.05) is 0 Å². The third kappa shape index (κ3) is 4.96. The van der Waals surface area contributed by atoms with Crippen LogP contribution in [0.2, 0.25) is 0 Å². The van der Waals surface area contributed by atoms with Gasteiger partial charge in [-0.2, -0.15) is 0 Å². The molecule has 2 atom stereocenters. The maximum Gasteiger partial charge on any atom is 0.407 e. The summed E-state index contributed by atoms with van der Waals surface area (Å²) in [7, 11) is 0. The third-order valence-electron chi connectivity index (χ3n) is 2.70. The highest BCUT2D eigenvalue weighted by molar-refractivity contribution is 5.85. The molecular formula is C11H22ClFN2O3. The SMILES string of the molecule is CC(C)(C)OC(=O)NC[C@@H]1CNC[C@]1(F)CO.Cl. The van der Waals surface area contributed by atoms with E-state index in [2.05, 4.69) is 10.6 Å². The van der Waals surface area contributed by atoms with Crippen molar-refractivity contribution in [1.82, 2.24) is 10.6 Å². The van der Waals surface area contributed by atoms with Gasteiger partial charge < -0.3 is 20.5 Å². The number of halogens is 2. The van der Waals surface area contributed by atoms with Crippen LogP contribution in [0.4, 0.5) is 9.18 Å². The molecule has 0 aromatic carbocycles. The van der Waals surface area contributed by atoms with Crippen molar-refractivity contribution in [3.05, 3.63) is 0 Å². The first-order valence-corrected chi connectivity index (χ1v) is 5.74. The van der Waals surface area contributed by atoms with E-state index in [1.807, 2.05) is 0 Å². The lowest BCUT2D eigenvalue weighted by molar-refractivity contribution is 0.0376. The minimum atomic E-state index is -1.66. The summed E-state index contributed by atoms with van der Waals surface area (Å²) in [6.07, 6.45) is -0.565. The molecule has 0 spiro atoms. The average Bonchev–Trinajstić information content (AvgIpc) is 2.55. The van der Waals surface area contributed by atoms with Crippen LogP contribution in [0.3, 0.4) is 0 Å². The highest BCUT2D eigenvalue weighted by Crippen LogP contribution is 2.25. The summed E-state index contributed by atoms with van der Waals surface area (Å²) >= 11 is 0. The van der Waals surface area contributed by atoms with Crippen molar-refractivity contribution < 1.29 is 19.0 Å². The van der Waals surface area contributed by atoms with Crippen molar-refractivity contribution in [2.45, 2.75) is 32.0 Å². The zero-order chi connectivity index (χ0) is 13.1. The largest absolute Gasteiger partial charge is 0.444 e. The Kier molecular flexibility index (Phi) is 6.33. The summed E-state index contributed by atoms with van der Waals surface area (Å²) in [5, 5.41) is 14.4. The fraction of sp³-hybridized carbons (Fsp3) is 0.909. The van der Waals surface area contributed by atoms with Crippen molar-refractivity contribution >= 4 is 18.5 Å². The van der Waals surface area contributed by atoms with Crippen LogP contribution in [0.25, 0.3) is 0 Å². The number of aliphatic hydroxyl groups excluding tert-OH is 1. The number of nitrogens with one attached hydrogen (secondary N) is 2. The number of aliphatic hydroxyl groups is 1. The smallest absolute Gasteiger partial charge is 0.407 e. The van der Waals surface area contributed by atoms with E-state index in [9.17, 15) is 9.18 Å². The van der Waals surface area contributed by atoms with E-state index in [1.54, 1.807) is 20.8 Å². The van der Waals surface area contributed by atoms with Crippen LogP contribution in [0, 0.1) is 5.92 Å². The van der Waals surface area contributed by atoms with Gasteiger partial charge in [-0.3, -0.25) is 0 Å². The summed E-state index contributed by atoms with van der Waals surface area (Å²) in [6.45, 7) is 5.45. The number of carbonyl (C=O) groups excluding carboxylic acids is 1. The van der Waals surface area contributed by atoms with E-state index < -0.39 is 29.9 Å². The standard InChI is InChI=1S/C11H21FN2O3.ClH/c1-10(2,3)17-9(16)14-5-8-4-13-6-11(8,12)7-15;/h8,13,15H,4-7H2,1-3H3,(H,14,16);1H/t8-,11-;/m0./s1. The zero-order valence-corrected chi connectivity index (χ0v) is 11.8. The molecule has 0 aromatic heterocycles. The number of alkyl halides is 1. The molecule has 1 rings (SSSR count). The van der Waals surface area contributed by atoms with E-state index in [0.717, 1.165) is 0 Å². The van der Waals surface area contributed by atoms with Crippen molar-refractivity contribution in [2.24, 2.45) is 5.92 Å². The predicted molar refractivity (Wildman–Crippen MR) is 68.8 cm³/mol. The van der Waals surface area contributed by atoms with Gasteiger partial charge in [-0.15, -0.1) is 12.4 Å². The third-order valence-corrected chi connectivity index (χ3v) is 2.70. The second-order valence-electron chi connectivity index (χ2n) is 5.40. The monoisotopic (exact) mass is 284 g/mol. The predicted octanol–water partition coefficient (Wildman–Crippen LogP) is 0.853. The van der Waals surface area contributed by atoms with E-state index in [1.165, 1.54) is 0 Å². The molecule has 1 saturated heterocycles. The Morgan fingerprint density at radius 3 is 2.72 bits per heavy atom. The van der Waals surface area contributed by atoms with Crippen molar-refractivity contribution in [3.63, 3.8) is 0 Å². The summed E-state index contributed by atoms with van der Waals surface area (Å²) in [5.41, 5.74) is -2.23. The number of hydrogen-bond acceptors (Lipinski definition) is 4. The lowest BCUT2D eigenvalue weighted by Crippen LogP contribution is -2.44. The molecule has 1 fully saturated rings. The molecule has 3 N–H and O–H groups in total. The zero-order valence-electron chi connectivity index (χ0n) is 11.0. The minimum Gasteiger partial charge on any atom is -0.444 e. The van der Waals surface area contributed by atoms with Gasteiger partial charge in [0.2, 0.25) is 0 Å². The number of rotatable bonds is 3. The number of amides is 1. The van der Waals surface area contributed by atoms with Gasteiger partial charge in [-0.05, 0) is 20.8 Å². The van der Waals surface area contributed by atoms with E-state index >= 15 is 0 Å². The fourth-order valence-electron chi connectivity index (χ4n) is 1.74. The molecule has 0 aromatic rings. The van der Waals surface area contributed by atoms with Crippen LogP contribution in [0.5, 0.6) is 0 Å². The highest BCUT2D eigenvalue weighted by atomic mass is 35.5. The maximum atomic E-state index is 14.0. The van der Waals surface area contributed by atoms with Gasteiger partial charge in [0, 0.05) is 25.6 Å². The first kappa shape index (κ1) is 17.4. The second kappa shape index (κ2) is 6.54. The molecule has 1 heterocycles. The lowest BCUT2D eigenvalue weighted by Gasteiger charge is -2.25. The molecule has 18 heavy (non-hydrogen) atoms. The maximum absolute atomic E-state index is 14.0. The number of ether oxygens (including phenoxy) is 1. The molecule has 1 amide bonds. The molecule has 0 bridgehead atoms. The van der Waals surface area contributed by atoms with Crippen LogP contribution in [-0.2, 0) is 4.74 Å². The van der Waals surface area contributed by atoms with Crippen molar-refractivity contribution in [3.8, 4) is 0 Å². The molecule has 0 unspecified atom stereocenters. The summed E-state index contributed by atoms with van der Waals surface area (Å²) in [5.74, 6) is -0.431. The minimum absolute atomic E-state index is 0. The quantitative estimate of drug-likeness (QED) is 0.719. The Hall–Kier alpha value is -0.590. The fourth-order valence-corrected chi connectivity index (χ4v) is 1.74. The molecule has 1 aliphatic heterocycles. The van der Waals surface area contributed by atoms with Gasteiger partial charge in [0.05, 0.1) is 6.61 Å². The normalized spacial score (nSPS) is 27.5. The van der Waals surface area contributed by atoms with Crippen LogP contribution in [0.1, 0.15) is 20.8 Å². The summed E-state index contributed by atoms with van der Waals surface area (Å²) in [6, 6.07) is 0. The highest BCUT2D eigenvalue weighted by Gasteiger charge is 2.43. The second-order valence-corrected chi connectivity index (χ2v) is 5.40. The Morgan fingerprint density at radius 1 is 1.61 bits per heavy atom. The Morgan fingerprint density at radius 2 is 2.22 bits per heavy atom. The molecule has 108 valence electrons. The van der Waals surface area contributed by atoms with Crippen LogP contribution in [-0.4, -0.2) is 48.7 Å². The van der Waals surface area contributed by atoms with Crippen LogP contribution >= 0.6 is 12.4 Å². The van der Waals surface area contributed by atoms with E-state index in [0.29, 0.717) is 6.54 Å². The first-order valence-electron chi connectivity index (χ1n) is 5.74.